The first-order chi connectivity index (χ1) is 12.3. The zero-order chi connectivity index (χ0) is 18.7. The highest BCUT2D eigenvalue weighted by molar-refractivity contribution is 7.87. The summed E-state index contributed by atoms with van der Waals surface area (Å²) in [5, 5.41) is 0. The van der Waals surface area contributed by atoms with Crippen LogP contribution in [0.2, 0.25) is 0 Å². The van der Waals surface area contributed by atoms with E-state index in [1.807, 2.05) is 0 Å². The molecule has 0 bridgehead atoms. The Kier molecular flexibility index (Phi) is 6.38. The van der Waals surface area contributed by atoms with E-state index in [2.05, 4.69) is 54.7 Å². The van der Waals surface area contributed by atoms with Gasteiger partial charge in [-0.2, -0.15) is 17.4 Å². The van der Waals surface area contributed by atoms with Crippen LogP contribution in [-0.2, 0) is 16.8 Å². The fourth-order valence-corrected chi connectivity index (χ4v) is 6.07. The topological polar surface area (TPSA) is 52.7 Å². The van der Waals surface area contributed by atoms with Crippen LogP contribution in [0.4, 0.5) is 0 Å². The molecule has 0 spiro atoms. The number of nitrogens with zero attached hydrogens (tertiary/aromatic N) is 2. The van der Waals surface area contributed by atoms with Crippen LogP contribution in [0, 0.1) is 18.8 Å². The lowest BCUT2D eigenvalue weighted by Gasteiger charge is -2.37. The molecule has 2 saturated heterocycles. The van der Waals surface area contributed by atoms with Crippen molar-refractivity contribution in [2.45, 2.75) is 52.6 Å². The number of hydrogen-bond acceptors (Lipinski definition) is 3. The Morgan fingerprint density at radius 3 is 2.38 bits per heavy atom. The summed E-state index contributed by atoms with van der Waals surface area (Å²) >= 11 is 0. The zero-order valence-electron chi connectivity index (χ0n) is 16.3. The van der Waals surface area contributed by atoms with Gasteiger partial charge >= 0.3 is 0 Å². The SMILES string of the molecule is Cc1cccc(CN2CCC(NS(=O)(=O)N3CC(C)CC(C)C3)CC2)c1. The first-order valence-electron chi connectivity index (χ1n) is 9.87. The molecule has 2 atom stereocenters. The smallest absolute Gasteiger partial charge is 0.279 e. The molecule has 1 N–H and O–H groups in total. The molecule has 3 rings (SSSR count). The maximum absolute atomic E-state index is 12.8. The van der Waals surface area contributed by atoms with Gasteiger partial charge in [-0.25, -0.2) is 0 Å². The lowest BCUT2D eigenvalue weighted by atomic mass is 9.94. The van der Waals surface area contributed by atoms with Gasteiger partial charge in [0.05, 0.1) is 0 Å². The van der Waals surface area contributed by atoms with E-state index in [-0.39, 0.29) is 6.04 Å². The van der Waals surface area contributed by atoms with Gasteiger partial charge in [0, 0.05) is 38.8 Å². The third-order valence-electron chi connectivity index (χ3n) is 5.57. The molecule has 1 aromatic carbocycles. The molecule has 2 aliphatic heterocycles. The fraction of sp³-hybridized carbons (Fsp3) is 0.700. The van der Waals surface area contributed by atoms with Crippen molar-refractivity contribution >= 4 is 10.2 Å². The van der Waals surface area contributed by atoms with Crippen LogP contribution in [0.5, 0.6) is 0 Å². The van der Waals surface area contributed by atoms with Crippen molar-refractivity contribution in [2.75, 3.05) is 26.2 Å². The first-order valence-corrected chi connectivity index (χ1v) is 11.3. The summed E-state index contributed by atoms with van der Waals surface area (Å²) in [5.74, 6) is 0.873. The molecule has 2 aliphatic rings. The molecule has 0 amide bonds. The van der Waals surface area contributed by atoms with Gasteiger partial charge < -0.3 is 0 Å². The molecular formula is C20H33N3O2S. The zero-order valence-corrected chi connectivity index (χ0v) is 17.1. The molecule has 1 aromatic rings. The largest absolute Gasteiger partial charge is 0.299 e. The van der Waals surface area contributed by atoms with Crippen LogP contribution >= 0.6 is 0 Å². The van der Waals surface area contributed by atoms with Gasteiger partial charge in [-0.15, -0.1) is 0 Å². The summed E-state index contributed by atoms with van der Waals surface area (Å²) in [4.78, 5) is 2.42. The predicted molar refractivity (Wildman–Crippen MR) is 106 cm³/mol. The van der Waals surface area contributed by atoms with Gasteiger partial charge in [-0.3, -0.25) is 4.90 Å². The molecule has 0 aromatic heterocycles. The summed E-state index contributed by atoms with van der Waals surface area (Å²) in [7, 11) is -3.37. The second-order valence-corrected chi connectivity index (χ2v) is 10.1. The van der Waals surface area contributed by atoms with Gasteiger partial charge in [0.2, 0.25) is 0 Å². The van der Waals surface area contributed by atoms with Crippen LogP contribution in [0.1, 0.15) is 44.2 Å². The fourth-order valence-electron chi connectivity index (χ4n) is 4.36. The Hall–Kier alpha value is -0.950. The minimum Gasteiger partial charge on any atom is -0.299 e. The van der Waals surface area contributed by atoms with Crippen LogP contribution < -0.4 is 4.72 Å². The standard InChI is InChI=1S/C20H33N3O2S/c1-16-5-4-6-19(12-16)15-22-9-7-20(8-10-22)21-26(24,25)23-13-17(2)11-18(3)14-23/h4-6,12,17-18,20-21H,7-11,13-15H2,1-3H3. The van der Waals surface area contributed by atoms with E-state index in [9.17, 15) is 8.42 Å². The molecule has 26 heavy (non-hydrogen) atoms. The van der Waals surface area contributed by atoms with Crippen molar-refractivity contribution < 1.29 is 8.42 Å². The van der Waals surface area contributed by atoms with E-state index < -0.39 is 10.2 Å². The third kappa shape index (κ3) is 5.28. The minimum absolute atomic E-state index is 0.0568. The molecule has 2 unspecified atom stereocenters. The van der Waals surface area contributed by atoms with Gasteiger partial charge in [0.25, 0.3) is 10.2 Å². The summed E-state index contributed by atoms with van der Waals surface area (Å²) in [6.07, 6.45) is 2.87. The van der Waals surface area contributed by atoms with Crippen LogP contribution in [0.25, 0.3) is 0 Å². The quantitative estimate of drug-likeness (QED) is 0.856. The Balaban J connectivity index is 1.50. The van der Waals surface area contributed by atoms with Gasteiger partial charge in [-0.1, -0.05) is 43.7 Å². The number of hydrogen-bond donors (Lipinski definition) is 1. The number of aryl methyl sites for hydroxylation is 1. The average Bonchev–Trinajstić information content (AvgIpc) is 2.56. The highest BCUT2D eigenvalue weighted by Gasteiger charge is 2.32. The lowest BCUT2D eigenvalue weighted by molar-refractivity contribution is 0.193. The lowest BCUT2D eigenvalue weighted by Crippen LogP contribution is -2.52. The Morgan fingerprint density at radius 1 is 1.12 bits per heavy atom. The molecule has 5 nitrogen and oxygen atoms in total. The number of piperidine rings is 2. The van der Waals surface area contributed by atoms with Crippen molar-refractivity contribution in [1.82, 2.24) is 13.9 Å². The molecule has 146 valence electrons. The maximum Gasteiger partial charge on any atom is 0.279 e. The Morgan fingerprint density at radius 2 is 1.77 bits per heavy atom. The summed E-state index contributed by atoms with van der Waals surface area (Å²) in [6.45, 7) is 10.5. The van der Waals surface area contributed by atoms with Crippen molar-refractivity contribution in [2.24, 2.45) is 11.8 Å². The highest BCUT2D eigenvalue weighted by atomic mass is 32.2. The maximum atomic E-state index is 12.8. The van der Waals surface area contributed by atoms with E-state index in [0.29, 0.717) is 24.9 Å². The van der Waals surface area contributed by atoms with Crippen molar-refractivity contribution in [3.05, 3.63) is 35.4 Å². The molecule has 2 heterocycles. The average molecular weight is 380 g/mol. The highest BCUT2D eigenvalue weighted by Crippen LogP contribution is 2.23. The number of benzene rings is 1. The number of rotatable bonds is 5. The van der Waals surface area contributed by atoms with Crippen molar-refractivity contribution in [1.29, 1.82) is 0 Å². The van der Waals surface area contributed by atoms with E-state index in [4.69, 9.17) is 0 Å². The van der Waals surface area contributed by atoms with Gasteiger partial charge in [0.1, 0.15) is 0 Å². The van der Waals surface area contributed by atoms with Gasteiger partial charge in [-0.05, 0) is 43.6 Å². The molecule has 2 fully saturated rings. The summed E-state index contributed by atoms with van der Waals surface area (Å²) in [5.41, 5.74) is 2.62. The monoisotopic (exact) mass is 379 g/mol. The molecule has 0 saturated carbocycles. The Bertz CT molecular complexity index is 689. The first kappa shape index (κ1) is 19.8. The minimum atomic E-state index is -3.37. The molecule has 0 radical (unpaired) electrons. The van der Waals surface area contributed by atoms with E-state index in [0.717, 1.165) is 38.9 Å². The number of likely N-dealkylation sites (tertiary alicyclic amines) is 1. The number of nitrogens with one attached hydrogen (secondary N) is 1. The summed E-state index contributed by atoms with van der Waals surface area (Å²) < 4.78 is 30.1. The van der Waals surface area contributed by atoms with E-state index in [1.54, 1.807) is 4.31 Å². The van der Waals surface area contributed by atoms with Crippen LogP contribution in [0.3, 0.4) is 0 Å². The van der Waals surface area contributed by atoms with Crippen LogP contribution in [0.15, 0.2) is 24.3 Å². The second-order valence-electron chi connectivity index (χ2n) is 8.43. The summed E-state index contributed by atoms with van der Waals surface area (Å²) in [6, 6.07) is 8.67. The Labute approximate surface area is 158 Å². The molecule has 0 aliphatic carbocycles. The van der Waals surface area contributed by atoms with E-state index >= 15 is 0 Å². The molecular weight excluding hydrogens is 346 g/mol. The van der Waals surface area contributed by atoms with Crippen molar-refractivity contribution in [3.8, 4) is 0 Å². The van der Waals surface area contributed by atoms with Gasteiger partial charge in [0.15, 0.2) is 0 Å². The van der Waals surface area contributed by atoms with E-state index in [1.165, 1.54) is 11.1 Å². The predicted octanol–water partition coefficient (Wildman–Crippen LogP) is 2.77. The normalized spacial score (nSPS) is 26.9. The molecule has 6 heteroatoms. The van der Waals surface area contributed by atoms with Crippen molar-refractivity contribution in [3.63, 3.8) is 0 Å². The second kappa shape index (κ2) is 8.38. The third-order valence-corrected chi connectivity index (χ3v) is 7.18. The van der Waals surface area contributed by atoms with Crippen LogP contribution in [-0.4, -0.2) is 49.8 Å².